The van der Waals surface area contributed by atoms with Crippen LogP contribution in [0.1, 0.15) is 23.1 Å². The zero-order chi connectivity index (χ0) is 14.0. The molecule has 0 bridgehead atoms. The maximum absolute atomic E-state index is 12.1. The van der Waals surface area contributed by atoms with Gasteiger partial charge in [0.05, 0.1) is 5.69 Å². The van der Waals surface area contributed by atoms with Crippen molar-refractivity contribution in [2.24, 2.45) is 0 Å². The lowest BCUT2D eigenvalue weighted by Crippen LogP contribution is -2.18. The van der Waals surface area contributed by atoms with Gasteiger partial charge in [-0.3, -0.25) is 10.1 Å². The number of aryl methyl sites for hydroxylation is 2. The highest BCUT2D eigenvalue weighted by molar-refractivity contribution is 6.29. The van der Waals surface area contributed by atoms with E-state index >= 15 is 0 Å². The van der Waals surface area contributed by atoms with Crippen LogP contribution in [0.15, 0.2) is 18.3 Å². The van der Waals surface area contributed by atoms with Gasteiger partial charge in [-0.1, -0.05) is 11.6 Å². The van der Waals surface area contributed by atoms with Gasteiger partial charge in [0.1, 0.15) is 10.8 Å². The molecule has 0 aromatic carbocycles. The normalized spacial score (nSPS) is 10.5. The summed E-state index contributed by atoms with van der Waals surface area (Å²) in [4.78, 5) is 20.2. The Balaban J connectivity index is 2.25. The molecule has 2 aromatic rings. The largest absolute Gasteiger partial charge is 0.397 e. The van der Waals surface area contributed by atoms with Crippen molar-refractivity contribution in [2.75, 3.05) is 11.1 Å². The topological polar surface area (TPSA) is 85.8 Å². The zero-order valence-electron chi connectivity index (χ0n) is 10.6. The molecular formula is C12H14ClN5O. The number of carbonyl (C=O) groups excluding carboxylic acids is 1. The number of anilines is 2. The number of rotatable bonds is 3. The van der Waals surface area contributed by atoms with Gasteiger partial charge >= 0.3 is 0 Å². The standard InChI is InChI=1S/C12H14ClN5O/c1-3-18-6-8(14)5-9(18)11(19)17-12-15-7(2)4-10(13)16-12/h4-6H,3,14H2,1-2H3,(H,15,16,17,19). The summed E-state index contributed by atoms with van der Waals surface area (Å²) in [5, 5.41) is 2.89. The van der Waals surface area contributed by atoms with Crippen LogP contribution < -0.4 is 11.1 Å². The van der Waals surface area contributed by atoms with Gasteiger partial charge < -0.3 is 10.3 Å². The summed E-state index contributed by atoms with van der Waals surface area (Å²) in [7, 11) is 0. The predicted octanol–water partition coefficient (Wildman–Crippen LogP) is 2.09. The fourth-order valence-electron chi connectivity index (χ4n) is 1.74. The SMILES string of the molecule is CCn1cc(N)cc1C(=O)Nc1nc(C)cc(Cl)n1. The second-order valence-electron chi connectivity index (χ2n) is 4.05. The van der Waals surface area contributed by atoms with Crippen LogP contribution >= 0.6 is 11.6 Å². The van der Waals surface area contributed by atoms with E-state index < -0.39 is 0 Å². The van der Waals surface area contributed by atoms with Crippen molar-refractivity contribution in [3.63, 3.8) is 0 Å². The van der Waals surface area contributed by atoms with E-state index in [1.165, 1.54) is 0 Å². The molecule has 0 aliphatic rings. The molecule has 0 fully saturated rings. The maximum Gasteiger partial charge on any atom is 0.274 e. The van der Waals surface area contributed by atoms with Crippen molar-refractivity contribution < 1.29 is 4.79 Å². The lowest BCUT2D eigenvalue weighted by Gasteiger charge is -2.07. The summed E-state index contributed by atoms with van der Waals surface area (Å²) < 4.78 is 1.75. The van der Waals surface area contributed by atoms with Crippen LogP contribution in [0.3, 0.4) is 0 Å². The van der Waals surface area contributed by atoms with Crippen molar-refractivity contribution in [3.8, 4) is 0 Å². The number of carbonyl (C=O) groups is 1. The van der Waals surface area contributed by atoms with E-state index in [4.69, 9.17) is 17.3 Å². The minimum absolute atomic E-state index is 0.178. The van der Waals surface area contributed by atoms with Gasteiger partial charge in [0.25, 0.3) is 5.91 Å². The molecule has 0 spiro atoms. The quantitative estimate of drug-likeness (QED) is 0.843. The second-order valence-corrected chi connectivity index (χ2v) is 4.44. The minimum atomic E-state index is -0.319. The Morgan fingerprint density at radius 2 is 2.21 bits per heavy atom. The van der Waals surface area contributed by atoms with Crippen molar-refractivity contribution in [1.29, 1.82) is 0 Å². The molecule has 3 N–H and O–H groups in total. The average molecular weight is 280 g/mol. The first-order chi connectivity index (χ1) is 8.99. The molecule has 0 unspecified atom stereocenters. The molecule has 7 heteroatoms. The van der Waals surface area contributed by atoms with Crippen LogP contribution in [-0.2, 0) is 6.54 Å². The van der Waals surface area contributed by atoms with Crippen molar-refractivity contribution in [1.82, 2.24) is 14.5 Å². The summed E-state index contributed by atoms with van der Waals surface area (Å²) in [6, 6.07) is 3.22. The molecule has 19 heavy (non-hydrogen) atoms. The lowest BCUT2D eigenvalue weighted by atomic mass is 10.4. The number of halogens is 1. The van der Waals surface area contributed by atoms with E-state index in [1.807, 2.05) is 6.92 Å². The smallest absolute Gasteiger partial charge is 0.274 e. The summed E-state index contributed by atoms with van der Waals surface area (Å²) in [6.07, 6.45) is 1.71. The molecule has 0 aliphatic heterocycles. The fraction of sp³-hybridized carbons (Fsp3) is 0.250. The Morgan fingerprint density at radius 3 is 2.84 bits per heavy atom. The number of aromatic nitrogens is 3. The van der Waals surface area contributed by atoms with E-state index in [-0.39, 0.29) is 17.0 Å². The van der Waals surface area contributed by atoms with Crippen molar-refractivity contribution >= 4 is 29.1 Å². The zero-order valence-corrected chi connectivity index (χ0v) is 11.4. The van der Waals surface area contributed by atoms with Gasteiger partial charge in [-0.25, -0.2) is 9.97 Å². The van der Waals surface area contributed by atoms with Gasteiger partial charge in [0.15, 0.2) is 0 Å². The second kappa shape index (κ2) is 5.27. The number of nitrogens with zero attached hydrogens (tertiary/aromatic N) is 3. The Bertz CT molecular complexity index is 602. The summed E-state index contributed by atoms with van der Waals surface area (Å²) in [6.45, 7) is 4.35. The molecule has 0 aliphatic carbocycles. The first-order valence-corrected chi connectivity index (χ1v) is 6.15. The monoisotopic (exact) mass is 279 g/mol. The van der Waals surface area contributed by atoms with E-state index in [0.717, 1.165) is 0 Å². The van der Waals surface area contributed by atoms with Gasteiger partial charge in [0, 0.05) is 18.4 Å². The van der Waals surface area contributed by atoms with Crippen molar-refractivity contribution in [3.05, 3.63) is 34.9 Å². The maximum atomic E-state index is 12.1. The molecule has 100 valence electrons. The lowest BCUT2D eigenvalue weighted by molar-refractivity contribution is 0.101. The molecule has 6 nitrogen and oxygen atoms in total. The summed E-state index contributed by atoms with van der Waals surface area (Å²) in [5.74, 6) is -0.141. The van der Waals surface area contributed by atoms with Gasteiger partial charge in [-0.05, 0) is 26.0 Å². The molecule has 0 saturated heterocycles. The highest BCUT2D eigenvalue weighted by atomic mass is 35.5. The van der Waals surface area contributed by atoms with Gasteiger partial charge in [0.2, 0.25) is 5.95 Å². The van der Waals surface area contributed by atoms with Gasteiger partial charge in [-0.15, -0.1) is 0 Å². The molecule has 2 rings (SSSR count). The van der Waals surface area contributed by atoms with E-state index in [2.05, 4.69) is 15.3 Å². The van der Waals surface area contributed by atoms with Gasteiger partial charge in [-0.2, -0.15) is 0 Å². The Morgan fingerprint density at radius 1 is 1.47 bits per heavy atom. The summed E-state index contributed by atoms with van der Waals surface area (Å²) >= 11 is 5.81. The molecular weight excluding hydrogens is 266 g/mol. The van der Waals surface area contributed by atoms with Crippen LogP contribution in [0.4, 0.5) is 11.6 Å². The molecule has 2 aromatic heterocycles. The Kier molecular flexibility index (Phi) is 3.71. The first-order valence-electron chi connectivity index (χ1n) is 5.77. The minimum Gasteiger partial charge on any atom is -0.397 e. The molecule has 1 amide bonds. The highest BCUT2D eigenvalue weighted by Crippen LogP contribution is 2.14. The third kappa shape index (κ3) is 3.03. The average Bonchev–Trinajstić information content (AvgIpc) is 2.69. The van der Waals surface area contributed by atoms with E-state index in [0.29, 0.717) is 23.6 Å². The number of nitrogens with one attached hydrogen (secondary N) is 1. The summed E-state index contributed by atoms with van der Waals surface area (Å²) in [5.41, 5.74) is 7.36. The van der Waals surface area contributed by atoms with Crippen molar-refractivity contribution in [2.45, 2.75) is 20.4 Å². The van der Waals surface area contributed by atoms with Crippen LogP contribution in [0.25, 0.3) is 0 Å². The number of nitrogen functional groups attached to an aromatic ring is 1. The molecule has 2 heterocycles. The third-order valence-corrected chi connectivity index (χ3v) is 2.73. The van der Waals surface area contributed by atoms with Crippen LogP contribution in [-0.4, -0.2) is 20.4 Å². The number of amides is 1. The number of hydrogen-bond acceptors (Lipinski definition) is 4. The first kappa shape index (κ1) is 13.4. The molecule has 0 saturated carbocycles. The fourth-order valence-corrected chi connectivity index (χ4v) is 1.97. The van der Waals surface area contributed by atoms with Crippen LogP contribution in [0.2, 0.25) is 5.15 Å². The Labute approximate surface area is 115 Å². The number of nitrogens with two attached hydrogens (primary N) is 1. The third-order valence-electron chi connectivity index (χ3n) is 2.54. The van der Waals surface area contributed by atoms with Crippen LogP contribution in [0.5, 0.6) is 0 Å². The van der Waals surface area contributed by atoms with E-state index in [1.54, 1.807) is 29.8 Å². The Hall–Kier alpha value is -2.08. The molecule has 0 radical (unpaired) electrons. The highest BCUT2D eigenvalue weighted by Gasteiger charge is 2.14. The van der Waals surface area contributed by atoms with Crippen LogP contribution in [0, 0.1) is 6.92 Å². The van der Waals surface area contributed by atoms with E-state index in [9.17, 15) is 4.79 Å². The predicted molar refractivity (Wildman–Crippen MR) is 74.3 cm³/mol. The number of hydrogen-bond donors (Lipinski definition) is 2. The molecule has 0 atom stereocenters.